The van der Waals surface area contributed by atoms with Crippen LogP contribution in [-0.4, -0.2) is 12.9 Å². The Labute approximate surface area is 79.0 Å². The first-order valence-electron chi connectivity index (χ1n) is 3.92. The van der Waals surface area contributed by atoms with E-state index in [-0.39, 0.29) is 12.4 Å². The van der Waals surface area contributed by atoms with Gasteiger partial charge >= 0.3 is 0 Å². The van der Waals surface area contributed by atoms with Gasteiger partial charge in [-0.1, -0.05) is 6.07 Å². The van der Waals surface area contributed by atoms with Crippen molar-refractivity contribution in [3.05, 3.63) is 23.8 Å². The molecule has 0 spiro atoms. The van der Waals surface area contributed by atoms with E-state index in [2.05, 4.69) is 4.99 Å². The molecule has 1 unspecified atom stereocenters. The summed E-state index contributed by atoms with van der Waals surface area (Å²) in [7, 11) is 0. The molecular weight excluding hydrogens is 189 g/mol. The maximum atomic E-state index is 13.1. The van der Waals surface area contributed by atoms with Gasteiger partial charge in [-0.25, -0.2) is 9.18 Å². The summed E-state index contributed by atoms with van der Waals surface area (Å²) < 4.78 is 23.2. The largest absolute Gasteiger partial charge is 0.454 e. The average Bonchev–Trinajstić information content (AvgIpc) is 2.64. The Bertz CT molecular complexity index is 401. The lowest BCUT2D eigenvalue weighted by Gasteiger charge is -2.02. The Morgan fingerprint density at radius 1 is 1.43 bits per heavy atom. The summed E-state index contributed by atoms with van der Waals surface area (Å²) in [6.45, 7) is 0.132. The fraction of sp³-hybridized carbons (Fsp3) is 0.222. The third kappa shape index (κ3) is 1.45. The molecule has 0 fully saturated rings. The zero-order valence-electron chi connectivity index (χ0n) is 7.07. The molecule has 5 heteroatoms. The van der Waals surface area contributed by atoms with E-state index in [1.807, 2.05) is 0 Å². The van der Waals surface area contributed by atoms with Crippen molar-refractivity contribution in [3.63, 3.8) is 0 Å². The summed E-state index contributed by atoms with van der Waals surface area (Å²) in [4.78, 5) is 12.8. The van der Waals surface area contributed by atoms with Gasteiger partial charge in [0.2, 0.25) is 19.2 Å². The van der Waals surface area contributed by atoms with Crippen molar-refractivity contribution in [2.45, 2.75) is 6.30 Å². The molecule has 0 radical (unpaired) electrons. The van der Waals surface area contributed by atoms with E-state index in [0.29, 0.717) is 11.5 Å². The first-order chi connectivity index (χ1) is 6.81. The summed E-state index contributed by atoms with van der Waals surface area (Å²) in [5.41, 5.74) is 0.248. The predicted octanol–water partition coefficient (Wildman–Crippen LogP) is 1.72. The summed E-state index contributed by atoms with van der Waals surface area (Å²) in [6.07, 6.45) is -0.531. The van der Waals surface area contributed by atoms with Crippen molar-refractivity contribution >= 4 is 6.08 Å². The van der Waals surface area contributed by atoms with Gasteiger partial charge in [-0.2, -0.15) is 4.99 Å². The first-order valence-corrected chi connectivity index (χ1v) is 3.92. The molecular formula is C9H6FNO3. The highest BCUT2D eigenvalue weighted by Gasteiger charge is 2.16. The van der Waals surface area contributed by atoms with Crippen LogP contribution in [0.15, 0.2) is 23.2 Å². The number of rotatable bonds is 2. The van der Waals surface area contributed by atoms with Crippen LogP contribution in [0.25, 0.3) is 0 Å². The second kappa shape index (κ2) is 3.47. The third-order valence-corrected chi connectivity index (χ3v) is 1.84. The van der Waals surface area contributed by atoms with Gasteiger partial charge in [0.1, 0.15) is 0 Å². The van der Waals surface area contributed by atoms with Gasteiger partial charge in [0, 0.05) is 5.56 Å². The van der Waals surface area contributed by atoms with E-state index >= 15 is 0 Å². The highest BCUT2D eigenvalue weighted by atomic mass is 19.1. The summed E-state index contributed by atoms with van der Waals surface area (Å²) in [5, 5.41) is 0. The zero-order valence-corrected chi connectivity index (χ0v) is 7.07. The smallest absolute Gasteiger partial charge is 0.238 e. The summed E-state index contributed by atoms with van der Waals surface area (Å²) in [5.74, 6) is 1.03. The van der Waals surface area contributed by atoms with Crippen molar-refractivity contribution in [3.8, 4) is 11.5 Å². The second-order valence-corrected chi connectivity index (χ2v) is 2.67. The quantitative estimate of drug-likeness (QED) is 0.410. The Balaban J connectivity index is 2.32. The molecule has 1 atom stereocenters. The van der Waals surface area contributed by atoms with Crippen LogP contribution < -0.4 is 9.47 Å². The molecule has 4 nitrogen and oxygen atoms in total. The molecule has 72 valence electrons. The minimum absolute atomic E-state index is 0.132. The standard InChI is InChI=1S/C9H6FNO3/c10-9(11-4-12)6-1-2-7-8(3-6)14-5-13-7/h1-3,9H,5H2. The number of isocyanates is 1. The number of halogens is 1. The minimum atomic E-state index is -1.69. The maximum absolute atomic E-state index is 13.1. The van der Waals surface area contributed by atoms with Gasteiger partial charge in [0.15, 0.2) is 11.5 Å². The van der Waals surface area contributed by atoms with Crippen molar-refractivity contribution < 1.29 is 18.7 Å². The molecule has 2 rings (SSSR count). The topological polar surface area (TPSA) is 47.9 Å². The van der Waals surface area contributed by atoms with Crippen molar-refractivity contribution in [1.82, 2.24) is 0 Å². The van der Waals surface area contributed by atoms with Gasteiger partial charge in [-0.05, 0) is 12.1 Å². The number of nitrogens with zero attached hydrogens (tertiary/aromatic N) is 1. The van der Waals surface area contributed by atoms with E-state index in [1.165, 1.54) is 12.1 Å². The predicted molar refractivity (Wildman–Crippen MR) is 44.5 cm³/mol. The Hall–Kier alpha value is -1.87. The van der Waals surface area contributed by atoms with Crippen LogP contribution in [0.3, 0.4) is 0 Å². The minimum Gasteiger partial charge on any atom is -0.454 e. The third-order valence-electron chi connectivity index (χ3n) is 1.84. The molecule has 0 aromatic heterocycles. The monoisotopic (exact) mass is 195 g/mol. The number of benzene rings is 1. The van der Waals surface area contributed by atoms with E-state index in [0.717, 1.165) is 6.08 Å². The second-order valence-electron chi connectivity index (χ2n) is 2.67. The molecule has 0 bridgehead atoms. The molecule has 0 aliphatic carbocycles. The highest BCUT2D eigenvalue weighted by molar-refractivity contribution is 5.45. The van der Waals surface area contributed by atoms with Gasteiger partial charge < -0.3 is 9.47 Å². The molecule has 1 heterocycles. The molecule has 1 aliphatic rings. The van der Waals surface area contributed by atoms with Gasteiger partial charge in [0.05, 0.1) is 0 Å². The molecule has 14 heavy (non-hydrogen) atoms. The molecule has 1 aromatic carbocycles. The summed E-state index contributed by atoms with van der Waals surface area (Å²) in [6, 6.07) is 4.51. The van der Waals surface area contributed by atoms with Crippen molar-refractivity contribution in [1.29, 1.82) is 0 Å². The number of hydrogen-bond donors (Lipinski definition) is 0. The normalized spacial score (nSPS) is 14.6. The van der Waals surface area contributed by atoms with Gasteiger partial charge in [-0.15, -0.1) is 0 Å². The van der Waals surface area contributed by atoms with Gasteiger partial charge in [0.25, 0.3) is 0 Å². The molecule has 0 N–H and O–H groups in total. The lowest BCUT2D eigenvalue weighted by atomic mass is 10.2. The number of ether oxygens (including phenoxy) is 2. The number of aliphatic imine (C=N–C) groups is 1. The lowest BCUT2D eigenvalue weighted by molar-refractivity contribution is 0.174. The lowest BCUT2D eigenvalue weighted by Crippen LogP contribution is -1.93. The van der Waals surface area contributed by atoms with Crippen LogP contribution in [-0.2, 0) is 4.79 Å². The molecule has 0 saturated heterocycles. The van der Waals surface area contributed by atoms with Crippen LogP contribution in [0.5, 0.6) is 11.5 Å². The molecule has 0 amide bonds. The highest BCUT2D eigenvalue weighted by Crippen LogP contribution is 2.35. The zero-order chi connectivity index (χ0) is 9.97. The van der Waals surface area contributed by atoms with E-state index < -0.39 is 6.30 Å². The van der Waals surface area contributed by atoms with Crippen LogP contribution in [0, 0.1) is 0 Å². The maximum Gasteiger partial charge on any atom is 0.238 e. The molecule has 0 saturated carbocycles. The average molecular weight is 195 g/mol. The summed E-state index contributed by atoms with van der Waals surface area (Å²) >= 11 is 0. The fourth-order valence-corrected chi connectivity index (χ4v) is 1.18. The number of hydrogen-bond acceptors (Lipinski definition) is 4. The van der Waals surface area contributed by atoms with E-state index in [4.69, 9.17) is 9.47 Å². The Morgan fingerprint density at radius 2 is 2.21 bits per heavy atom. The van der Waals surface area contributed by atoms with Crippen LogP contribution in [0.2, 0.25) is 0 Å². The van der Waals surface area contributed by atoms with Crippen LogP contribution >= 0.6 is 0 Å². The number of carbonyl (C=O) groups excluding carboxylic acids is 1. The number of alkyl halides is 1. The van der Waals surface area contributed by atoms with Crippen molar-refractivity contribution in [2.24, 2.45) is 4.99 Å². The van der Waals surface area contributed by atoms with E-state index in [9.17, 15) is 9.18 Å². The first kappa shape index (κ1) is 8.72. The molecule has 1 aliphatic heterocycles. The van der Waals surface area contributed by atoms with Crippen LogP contribution in [0.4, 0.5) is 4.39 Å². The van der Waals surface area contributed by atoms with Crippen molar-refractivity contribution in [2.75, 3.05) is 6.79 Å². The fourth-order valence-electron chi connectivity index (χ4n) is 1.18. The van der Waals surface area contributed by atoms with Crippen LogP contribution in [0.1, 0.15) is 11.9 Å². The van der Waals surface area contributed by atoms with E-state index in [1.54, 1.807) is 6.07 Å². The Kier molecular flexibility index (Phi) is 2.16. The molecule has 1 aromatic rings. The SMILES string of the molecule is O=C=NC(F)c1ccc2c(c1)OCO2. The Morgan fingerprint density at radius 3 is 3.00 bits per heavy atom. The van der Waals surface area contributed by atoms with Gasteiger partial charge in [-0.3, -0.25) is 0 Å². The number of fused-ring (bicyclic) bond motifs is 1.